The number of para-hydroxylation sites is 1. The summed E-state index contributed by atoms with van der Waals surface area (Å²) in [6.07, 6.45) is 1.05. The van der Waals surface area contributed by atoms with Crippen molar-refractivity contribution in [2.75, 3.05) is 11.4 Å². The lowest BCUT2D eigenvalue weighted by atomic mass is 10.0. The van der Waals surface area contributed by atoms with Crippen LogP contribution in [-0.2, 0) is 0 Å². The molecule has 0 aromatic heterocycles. The predicted molar refractivity (Wildman–Crippen MR) is 76.7 cm³/mol. The molecule has 1 saturated heterocycles. The summed E-state index contributed by atoms with van der Waals surface area (Å²) in [6.45, 7) is 5.13. The molecule has 1 heterocycles. The highest BCUT2D eigenvalue weighted by atomic mass is 15.2. The highest BCUT2D eigenvalue weighted by Gasteiger charge is 2.28. The van der Waals surface area contributed by atoms with E-state index >= 15 is 0 Å². The monoisotopic (exact) mass is 235 g/mol. The molecule has 0 radical (unpaired) electrons. The molecule has 1 aliphatic heterocycles. The van der Waals surface area contributed by atoms with Crippen molar-refractivity contribution in [3.63, 3.8) is 0 Å². The van der Waals surface area contributed by atoms with Gasteiger partial charge in [0.25, 0.3) is 0 Å². The lowest BCUT2D eigenvalue weighted by Crippen LogP contribution is -2.22. The maximum Gasteiger partial charge on any atom is 0.0583 e. The Hall–Kier alpha value is -2.02. The number of hydrogen-bond acceptors (Lipinski definition) is 1. The average molecular weight is 235 g/mol. The van der Waals surface area contributed by atoms with Gasteiger partial charge in [-0.05, 0) is 24.1 Å². The summed E-state index contributed by atoms with van der Waals surface area (Å²) in [6, 6.07) is 21.7. The van der Waals surface area contributed by atoms with Gasteiger partial charge in [-0.15, -0.1) is 0 Å². The van der Waals surface area contributed by atoms with Gasteiger partial charge < -0.3 is 4.90 Å². The van der Waals surface area contributed by atoms with Gasteiger partial charge in [0.1, 0.15) is 0 Å². The first kappa shape index (κ1) is 11.1. The highest BCUT2D eigenvalue weighted by Crippen LogP contribution is 2.37. The van der Waals surface area contributed by atoms with Gasteiger partial charge in [-0.25, -0.2) is 0 Å². The van der Waals surface area contributed by atoms with E-state index in [-0.39, 0.29) is 0 Å². The fraction of sp³-hybridized carbons (Fsp3) is 0.176. The molecule has 0 bridgehead atoms. The van der Waals surface area contributed by atoms with E-state index in [4.69, 9.17) is 0 Å². The Labute approximate surface area is 108 Å². The van der Waals surface area contributed by atoms with Crippen LogP contribution in [0, 0.1) is 0 Å². The van der Waals surface area contributed by atoms with E-state index in [1.807, 2.05) is 0 Å². The number of nitrogens with zero attached hydrogens (tertiary/aromatic N) is 1. The van der Waals surface area contributed by atoms with Crippen molar-refractivity contribution in [3.05, 3.63) is 78.4 Å². The minimum atomic E-state index is 0.432. The van der Waals surface area contributed by atoms with Crippen LogP contribution in [0.2, 0.25) is 0 Å². The second-order valence-electron chi connectivity index (χ2n) is 4.84. The van der Waals surface area contributed by atoms with Crippen LogP contribution < -0.4 is 4.90 Å². The molecule has 2 aromatic carbocycles. The van der Waals surface area contributed by atoms with Crippen LogP contribution in [0.3, 0.4) is 0 Å². The highest BCUT2D eigenvalue weighted by molar-refractivity contribution is 5.52. The summed E-state index contributed by atoms with van der Waals surface area (Å²) >= 11 is 0. The van der Waals surface area contributed by atoms with Crippen LogP contribution in [0.15, 0.2) is 72.8 Å². The van der Waals surface area contributed by atoms with E-state index in [1.54, 1.807) is 0 Å². The molecule has 1 atom stereocenters. The largest absolute Gasteiger partial charge is 0.360 e. The van der Waals surface area contributed by atoms with Crippen molar-refractivity contribution >= 4 is 5.69 Å². The molecular weight excluding hydrogens is 218 g/mol. The molecule has 0 aliphatic carbocycles. The third-order valence-corrected chi connectivity index (χ3v) is 3.52. The van der Waals surface area contributed by atoms with E-state index < -0.39 is 0 Å². The summed E-state index contributed by atoms with van der Waals surface area (Å²) < 4.78 is 0. The first-order valence-corrected chi connectivity index (χ1v) is 6.38. The molecule has 1 aliphatic rings. The third-order valence-electron chi connectivity index (χ3n) is 3.52. The zero-order valence-corrected chi connectivity index (χ0v) is 10.4. The van der Waals surface area contributed by atoms with Crippen molar-refractivity contribution < 1.29 is 0 Å². The maximum absolute atomic E-state index is 4.16. The predicted octanol–water partition coefficient (Wildman–Crippen LogP) is 4.19. The van der Waals surface area contributed by atoms with Crippen molar-refractivity contribution in [2.45, 2.75) is 12.5 Å². The molecule has 1 heteroatoms. The Bertz CT molecular complexity index is 481. The zero-order chi connectivity index (χ0) is 12.4. The minimum absolute atomic E-state index is 0.432. The van der Waals surface area contributed by atoms with E-state index in [2.05, 4.69) is 72.1 Å². The molecule has 18 heavy (non-hydrogen) atoms. The van der Waals surface area contributed by atoms with Gasteiger partial charge in [0.05, 0.1) is 6.04 Å². The lowest BCUT2D eigenvalue weighted by molar-refractivity contribution is 0.732. The van der Waals surface area contributed by atoms with E-state index in [0.717, 1.165) is 13.0 Å². The summed E-state index contributed by atoms with van der Waals surface area (Å²) in [5.74, 6) is 0. The van der Waals surface area contributed by atoms with Gasteiger partial charge in [-0.3, -0.25) is 0 Å². The van der Waals surface area contributed by atoms with Crippen LogP contribution in [0.25, 0.3) is 0 Å². The summed E-state index contributed by atoms with van der Waals surface area (Å²) in [5, 5.41) is 0. The maximum atomic E-state index is 4.16. The van der Waals surface area contributed by atoms with E-state index in [1.165, 1.54) is 16.8 Å². The van der Waals surface area contributed by atoms with Crippen molar-refractivity contribution in [3.8, 4) is 0 Å². The fourth-order valence-corrected chi connectivity index (χ4v) is 2.66. The van der Waals surface area contributed by atoms with E-state index in [0.29, 0.717) is 6.04 Å². The molecule has 3 rings (SSSR count). The van der Waals surface area contributed by atoms with Crippen LogP contribution >= 0.6 is 0 Å². The lowest BCUT2D eigenvalue weighted by Gasteiger charge is -2.26. The molecule has 0 spiro atoms. The minimum Gasteiger partial charge on any atom is -0.360 e. The second kappa shape index (κ2) is 4.69. The Morgan fingerprint density at radius 3 is 2.17 bits per heavy atom. The average Bonchev–Trinajstić information content (AvgIpc) is 2.83. The molecular formula is C17H17N. The van der Waals surface area contributed by atoms with Crippen molar-refractivity contribution in [2.24, 2.45) is 0 Å². The summed E-state index contributed by atoms with van der Waals surface area (Å²) in [7, 11) is 0. The van der Waals surface area contributed by atoms with Gasteiger partial charge in [-0.1, -0.05) is 60.7 Å². The van der Waals surface area contributed by atoms with Crippen LogP contribution in [0.1, 0.15) is 18.0 Å². The second-order valence-corrected chi connectivity index (χ2v) is 4.84. The van der Waals surface area contributed by atoms with Gasteiger partial charge in [0, 0.05) is 12.2 Å². The molecule has 1 fully saturated rings. The van der Waals surface area contributed by atoms with E-state index in [9.17, 15) is 0 Å². The first-order valence-electron chi connectivity index (χ1n) is 6.38. The molecule has 0 amide bonds. The van der Waals surface area contributed by atoms with Gasteiger partial charge in [0.2, 0.25) is 0 Å². The summed E-state index contributed by atoms with van der Waals surface area (Å²) in [5.41, 5.74) is 3.97. The van der Waals surface area contributed by atoms with Crippen LogP contribution in [0.4, 0.5) is 5.69 Å². The van der Waals surface area contributed by atoms with Crippen LogP contribution in [-0.4, -0.2) is 6.54 Å². The summed E-state index contributed by atoms with van der Waals surface area (Å²) in [4.78, 5) is 2.44. The molecule has 1 nitrogen and oxygen atoms in total. The first-order chi connectivity index (χ1) is 8.84. The normalized spacial score (nSPS) is 19.2. The molecule has 90 valence electrons. The van der Waals surface area contributed by atoms with Gasteiger partial charge in [-0.2, -0.15) is 0 Å². The third kappa shape index (κ3) is 2.04. The Morgan fingerprint density at radius 2 is 1.50 bits per heavy atom. The smallest absolute Gasteiger partial charge is 0.0583 e. The van der Waals surface area contributed by atoms with Gasteiger partial charge in [0.15, 0.2) is 0 Å². The van der Waals surface area contributed by atoms with Crippen molar-refractivity contribution in [1.29, 1.82) is 0 Å². The Morgan fingerprint density at radius 1 is 0.889 bits per heavy atom. The Balaban J connectivity index is 1.96. The zero-order valence-electron chi connectivity index (χ0n) is 10.4. The quantitative estimate of drug-likeness (QED) is 0.705. The Kier molecular flexibility index (Phi) is 2.89. The molecule has 0 N–H and O–H groups in total. The number of hydrogen-bond donors (Lipinski definition) is 0. The molecule has 0 saturated carbocycles. The van der Waals surface area contributed by atoms with Gasteiger partial charge >= 0.3 is 0 Å². The molecule has 2 aromatic rings. The fourth-order valence-electron chi connectivity index (χ4n) is 2.66. The molecule has 1 unspecified atom stereocenters. The number of anilines is 1. The number of rotatable bonds is 2. The standard InChI is InChI=1S/C17H17N/c1-14-12-17(15-8-4-2-5-9-15)18(13-14)16-10-6-3-7-11-16/h2-11,17H,1,12-13H2. The number of benzene rings is 2. The van der Waals surface area contributed by atoms with Crippen LogP contribution in [0.5, 0.6) is 0 Å². The topological polar surface area (TPSA) is 3.24 Å². The SMILES string of the molecule is C=C1CC(c2ccccc2)N(c2ccccc2)C1. The van der Waals surface area contributed by atoms with Crippen molar-refractivity contribution in [1.82, 2.24) is 0 Å².